The van der Waals surface area contributed by atoms with E-state index in [-0.39, 0.29) is 31.3 Å². The number of amides is 2. The SMILES string of the molecule is CCC(CC(=O)O)NC(=O)CC(C)NC(=O)OCC1c2ccccc2-c2ccccc21. The average Bonchev–Trinajstić information content (AvgIpc) is 3.05. The third-order valence-corrected chi connectivity index (χ3v) is 5.48. The standard InChI is InChI=1S/C24H28N2O5/c1-3-16(13-23(28)29)26-22(27)12-15(2)25-24(30)31-14-21-19-10-6-4-8-17(19)18-9-5-7-11-20(18)21/h4-11,15-16,21H,3,12-14H2,1-2H3,(H,25,30)(H,26,27)(H,28,29). The van der Waals surface area contributed by atoms with Crippen molar-refractivity contribution >= 4 is 18.0 Å². The maximum atomic E-state index is 12.3. The van der Waals surface area contributed by atoms with Gasteiger partial charge in [0.2, 0.25) is 5.91 Å². The van der Waals surface area contributed by atoms with E-state index < -0.39 is 24.1 Å². The molecule has 0 heterocycles. The number of hydrogen-bond donors (Lipinski definition) is 3. The maximum absolute atomic E-state index is 12.3. The monoisotopic (exact) mass is 424 g/mol. The predicted molar refractivity (Wildman–Crippen MR) is 117 cm³/mol. The van der Waals surface area contributed by atoms with E-state index in [2.05, 4.69) is 34.9 Å². The van der Waals surface area contributed by atoms with Gasteiger partial charge in [-0.15, -0.1) is 0 Å². The highest BCUT2D eigenvalue weighted by Gasteiger charge is 2.29. The molecule has 3 rings (SSSR count). The molecule has 2 amide bonds. The molecule has 7 nitrogen and oxygen atoms in total. The summed E-state index contributed by atoms with van der Waals surface area (Å²) >= 11 is 0. The molecule has 7 heteroatoms. The second kappa shape index (κ2) is 10.1. The van der Waals surface area contributed by atoms with Gasteiger partial charge in [0, 0.05) is 24.4 Å². The molecule has 2 atom stereocenters. The van der Waals surface area contributed by atoms with Crippen LogP contribution in [0.15, 0.2) is 48.5 Å². The number of nitrogens with one attached hydrogen (secondary N) is 2. The number of fused-ring (bicyclic) bond motifs is 3. The Morgan fingerprint density at radius 3 is 2.10 bits per heavy atom. The molecular weight excluding hydrogens is 396 g/mol. The van der Waals surface area contributed by atoms with Crippen molar-refractivity contribution in [2.75, 3.05) is 6.61 Å². The summed E-state index contributed by atoms with van der Waals surface area (Å²) in [6.45, 7) is 3.72. The minimum atomic E-state index is -0.961. The van der Waals surface area contributed by atoms with E-state index in [0.29, 0.717) is 6.42 Å². The van der Waals surface area contributed by atoms with Gasteiger partial charge in [-0.1, -0.05) is 55.5 Å². The van der Waals surface area contributed by atoms with Crippen molar-refractivity contribution in [3.05, 3.63) is 59.7 Å². The van der Waals surface area contributed by atoms with Gasteiger partial charge in [0.1, 0.15) is 6.61 Å². The zero-order chi connectivity index (χ0) is 22.4. The van der Waals surface area contributed by atoms with Gasteiger partial charge < -0.3 is 20.5 Å². The molecule has 3 N–H and O–H groups in total. The fourth-order valence-electron chi connectivity index (χ4n) is 3.97. The molecule has 2 aromatic carbocycles. The van der Waals surface area contributed by atoms with E-state index in [0.717, 1.165) is 22.3 Å². The van der Waals surface area contributed by atoms with E-state index in [1.54, 1.807) is 6.92 Å². The van der Waals surface area contributed by atoms with Crippen LogP contribution in [-0.4, -0.2) is 41.8 Å². The van der Waals surface area contributed by atoms with Crippen LogP contribution in [0, 0.1) is 0 Å². The molecule has 2 aromatic rings. The zero-order valence-corrected chi connectivity index (χ0v) is 17.8. The molecule has 0 aliphatic heterocycles. The largest absolute Gasteiger partial charge is 0.481 e. The highest BCUT2D eigenvalue weighted by atomic mass is 16.5. The Kier molecular flexibility index (Phi) is 7.28. The topological polar surface area (TPSA) is 105 Å². The summed E-state index contributed by atoms with van der Waals surface area (Å²) in [4.78, 5) is 35.3. The van der Waals surface area contributed by atoms with Crippen LogP contribution in [0.2, 0.25) is 0 Å². The van der Waals surface area contributed by atoms with Crippen LogP contribution in [0.25, 0.3) is 11.1 Å². The Morgan fingerprint density at radius 2 is 1.55 bits per heavy atom. The normalized spacial score (nSPS) is 14.1. The van der Waals surface area contributed by atoms with E-state index in [9.17, 15) is 14.4 Å². The predicted octanol–water partition coefficient (Wildman–Crippen LogP) is 3.67. The fourth-order valence-corrected chi connectivity index (χ4v) is 3.97. The Labute approximate surface area is 181 Å². The van der Waals surface area contributed by atoms with Crippen LogP contribution in [0.1, 0.15) is 50.2 Å². The number of carbonyl (C=O) groups is 3. The number of hydrogen-bond acceptors (Lipinski definition) is 4. The van der Waals surface area contributed by atoms with Crippen molar-refractivity contribution in [3.8, 4) is 11.1 Å². The molecule has 164 valence electrons. The molecular formula is C24H28N2O5. The molecule has 1 aliphatic carbocycles. The van der Waals surface area contributed by atoms with Crippen LogP contribution >= 0.6 is 0 Å². The number of aliphatic carboxylic acids is 1. The molecule has 2 unspecified atom stereocenters. The first kappa shape index (κ1) is 22.3. The number of benzene rings is 2. The zero-order valence-electron chi connectivity index (χ0n) is 17.8. The summed E-state index contributed by atoms with van der Waals surface area (Å²) in [6, 6.07) is 15.3. The molecule has 0 saturated carbocycles. The summed E-state index contributed by atoms with van der Waals surface area (Å²) in [7, 11) is 0. The van der Waals surface area contributed by atoms with Crippen molar-refractivity contribution in [2.24, 2.45) is 0 Å². The molecule has 0 aromatic heterocycles. The number of alkyl carbamates (subject to hydrolysis) is 1. The molecule has 0 spiro atoms. The number of ether oxygens (including phenoxy) is 1. The maximum Gasteiger partial charge on any atom is 0.407 e. The highest BCUT2D eigenvalue weighted by molar-refractivity contribution is 5.80. The summed E-state index contributed by atoms with van der Waals surface area (Å²) in [5, 5.41) is 14.2. The smallest absolute Gasteiger partial charge is 0.407 e. The first-order chi connectivity index (χ1) is 14.9. The lowest BCUT2D eigenvalue weighted by Gasteiger charge is -2.19. The van der Waals surface area contributed by atoms with Crippen molar-refractivity contribution in [1.29, 1.82) is 0 Å². The van der Waals surface area contributed by atoms with E-state index in [4.69, 9.17) is 9.84 Å². The molecule has 0 fully saturated rings. The number of carbonyl (C=O) groups excluding carboxylic acids is 2. The van der Waals surface area contributed by atoms with Gasteiger partial charge in [-0.05, 0) is 35.6 Å². The van der Waals surface area contributed by atoms with E-state index in [1.165, 1.54) is 0 Å². The van der Waals surface area contributed by atoms with Crippen LogP contribution < -0.4 is 10.6 Å². The van der Waals surface area contributed by atoms with Gasteiger partial charge in [0.05, 0.1) is 6.42 Å². The Morgan fingerprint density at radius 1 is 0.968 bits per heavy atom. The van der Waals surface area contributed by atoms with E-state index >= 15 is 0 Å². The Balaban J connectivity index is 1.51. The van der Waals surface area contributed by atoms with Gasteiger partial charge >= 0.3 is 12.1 Å². The molecule has 31 heavy (non-hydrogen) atoms. The second-order valence-corrected chi connectivity index (χ2v) is 7.85. The van der Waals surface area contributed by atoms with Crippen LogP contribution in [0.4, 0.5) is 4.79 Å². The third kappa shape index (κ3) is 5.63. The van der Waals surface area contributed by atoms with Crippen LogP contribution in [0.5, 0.6) is 0 Å². The summed E-state index contributed by atoms with van der Waals surface area (Å²) in [5.74, 6) is -1.30. The Hall–Kier alpha value is -3.35. The van der Waals surface area contributed by atoms with Gasteiger partial charge in [-0.3, -0.25) is 9.59 Å². The van der Waals surface area contributed by atoms with E-state index in [1.807, 2.05) is 31.2 Å². The molecule has 0 bridgehead atoms. The van der Waals surface area contributed by atoms with Crippen LogP contribution in [0.3, 0.4) is 0 Å². The van der Waals surface area contributed by atoms with Gasteiger partial charge in [-0.2, -0.15) is 0 Å². The van der Waals surface area contributed by atoms with Crippen molar-refractivity contribution in [2.45, 2.75) is 51.1 Å². The number of carboxylic acids is 1. The molecule has 0 radical (unpaired) electrons. The average molecular weight is 424 g/mol. The quantitative estimate of drug-likeness (QED) is 0.570. The first-order valence-corrected chi connectivity index (χ1v) is 10.5. The first-order valence-electron chi connectivity index (χ1n) is 10.5. The fraction of sp³-hybridized carbons (Fsp3) is 0.375. The van der Waals surface area contributed by atoms with Gasteiger partial charge in [0.25, 0.3) is 0 Å². The Bertz CT molecular complexity index is 913. The summed E-state index contributed by atoms with van der Waals surface area (Å²) in [6.07, 6.45) is -0.150. The van der Waals surface area contributed by atoms with Crippen molar-refractivity contribution in [1.82, 2.24) is 10.6 Å². The van der Waals surface area contributed by atoms with Gasteiger partial charge in [-0.25, -0.2) is 4.79 Å². The molecule has 1 aliphatic rings. The minimum Gasteiger partial charge on any atom is -0.481 e. The van der Waals surface area contributed by atoms with Gasteiger partial charge in [0.15, 0.2) is 0 Å². The van der Waals surface area contributed by atoms with Crippen molar-refractivity contribution < 1.29 is 24.2 Å². The minimum absolute atomic E-state index is 0.0296. The lowest BCUT2D eigenvalue weighted by atomic mass is 9.98. The number of rotatable bonds is 9. The lowest BCUT2D eigenvalue weighted by molar-refractivity contribution is -0.137. The third-order valence-electron chi connectivity index (χ3n) is 5.48. The van der Waals surface area contributed by atoms with Crippen molar-refractivity contribution in [3.63, 3.8) is 0 Å². The summed E-state index contributed by atoms with van der Waals surface area (Å²) < 4.78 is 5.49. The molecule has 0 saturated heterocycles. The summed E-state index contributed by atoms with van der Waals surface area (Å²) in [5.41, 5.74) is 4.58. The second-order valence-electron chi connectivity index (χ2n) is 7.85. The number of carboxylic acid groups (broad SMARTS) is 1. The van der Waals surface area contributed by atoms with Crippen LogP contribution in [-0.2, 0) is 14.3 Å². The lowest BCUT2D eigenvalue weighted by Crippen LogP contribution is -2.41. The highest BCUT2D eigenvalue weighted by Crippen LogP contribution is 2.44.